The first-order valence-corrected chi connectivity index (χ1v) is 15.3. The molecule has 1 amide bonds. The van der Waals surface area contributed by atoms with Gasteiger partial charge in [-0.2, -0.15) is 0 Å². The minimum atomic E-state index is -1.10. The van der Waals surface area contributed by atoms with Crippen LogP contribution in [-0.2, 0) is 27.1 Å². The van der Waals surface area contributed by atoms with E-state index in [4.69, 9.17) is 14.2 Å². The SMILES string of the molecule is CCOC(=O)c1c(NC(=O)C(C)OC(=O)c2ccc3nc(-c4ccc(OC)cc4)[nH]c3c2)sc2c1CCC(C(C)(C)C)C2. The summed E-state index contributed by atoms with van der Waals surface area (Å²) in [5, 5.41) is 3.29. The Kier molecular flexibility index (Phi) is 8.59. The highest BCUT2D eigenvalue weighted by molar-refractivity contribution is 7.17. The van der Waals surface area contributed by atoms with Gasteiger partial charge in [0.05, 0.1) is 35.9 Å². The van der Waals surface area contributed by atoms with Gasteiger partial charge in [0.2, 0.25) is 0 Å². The summed E-state index contributed by atoms with van der Waals surface area (Å²) in [6, 6.07) is 12.5. The number of hydrogen-bond donors (Lipinski definition) is 2. The molecule has 0 aliphatic heterocycles. The quantitative estimate of drug-likeness (QED) is 0.212. The van der Waals surface area contributed by atoms with Crippen molar-refractivity contribution >= 4 is 45.2 Å². The van der Waals surface area contributed by atoms with Crippen molar-refractivity contribution in [1.29, 1.82) is 0 Å². The summed E-state index contributed by atoms with van der Waals surface area (Å²) >= 11 is 1.41. The highest BCUT2D eigenvalue weighted by atomic mass is 32.1. The molecule has 10 heteroatoms. The zero-order chi connectivity index (χ0) is 30.9. The normalized spacial score (nSPS) is 15.4. The van der Waals surface area contributed by atoms with E-state index in [9.17, 15) is 14.4 Å². The van der Waals surface area contributed by atoms with E-state index in [2.05, 4.69) is 36.1 Å². The number of aromatic amines is 1. The Morgan fingerprint density at radius 1 is 1.12 bits per heavy atom. The molecule has 4 aromatic rings. The number of hydrogen-bond acceptors (Lipinski definition) is 8. The first kappa shape index (κ1) is 30.3. The molecule has 0 radical (unpaired) electrons. The number of carbonyl (C=O) groups is 3. The van der Waals surface area contributed by atoms with Gasteiger partial charge in [-0.15, -0.1) is 11.3 Å². The number of nitrogens with zero attached hydrogens (tertiary/aromatic N) is 1. The summed E-state index contributed by atoms with van der Waals surface area (Å²) in [6.07, 6.45) is 1.45. The second-order valence-corrected chi connectivity index (χ2v) is 12.9. The van der Waals surface area contributed by atoms with Crippen LogP contribution < -0.4 is 10.1 Å². The minimum absolute atomic E-state index is 0.133. The molecule has 43 heavy (non-hydrogen) atoms. The molecule has 1 aliphatic carbocycles. The van der Waals surface area contributed by atoms with Crippen molar-refractivity contribution in [3.63, 3.8) is 0 Å². The molecule has 226 valence electrons. The summed E-state index contributed by atoms with van der Waals surface area (Å²) in [7, 11) is 1.61. The number of H-pyrrole nitrogens is 1. The maximum atomic E-state index is 13.2. The maximum Gasteiger partial charge on any atom is 0.341 e. The molecule has 2 unspecified atom stereocenters. The molecule has 2 atom stereocenters. The van der Waals surface area contributed by atoms with Crippen LogP contribution in [-0.4, -0.2) is 47.6 Å². The molecule has 1 aliphatic rings. The Hall–Kier alpha value is -4.18. The lowest BCUT2D eigenvalue weighted by atomic mass is 9.72. The zero-order valence-corrected chi connectivity index (χ0v) is 26.1. The first-order valence-electron chi connectivity index (χ1n) is 14.5. The van der Waals surface area contributed by atoms with E-state index in [0.717, 1.165) is 41.0 Å². The third-order valence-electron chi connectivity index (χ3n) is 7.94. The van der Waals surface area contributed by atoms with E-state index in [0.29, 0.717) is 33.3 Å². The van der Waals surface area contributed by atoms with Crippen LogP contribution in [0, 0.1) is 11.3 Å². The van der Waals surface area contributed by atoms with Crippen LogP contribution in [0.25, 0.3) is 22.4 Å². The number of esters is 2. The predicted molar refractivity (Wildman–Crippen MR) is 167 cm³/mol. The summed E-state index contributed by atoms with van der Waals surface area (Å²) in [6.45, 7) is 10.2. The van der Waals surface area contributed by atoms with Crippen LogP contribution in [0.5, 0.6) is 5.75 Å². The van der Waals surface area contributed by atoms with Gasteiger partial charge in [0.25, 0.3) is 5.91 Å². The van der Waals surface area contributed by atoms with Gasteiger partial charge in [-0.3, -0.25) is 4.79 Å². The van der Waals surface area contributed by atoms with Gasteiger partial charge in [-0.1, -0.05) is 20.8 Å². The van der Waals surface area contributed by atoms with E-state index in [1.807, 2.05) is 24.3 Å². The van der Waals surface area contributed by atoms with Crippen molar-refractivity contribution in [1.82, 2.24) is 9.97 Å². The van der Waals surface area contributed by atoms with Gasteiger partial charge < -0.3 is 24.5 Å². The number of aromatic nitrogens is 2. The fourth-order valence-electron chi connectivity index (χ4n) is 5.35. The molecule has 0 spiro atoms. The lowest BCUT2D eigenvalue weighted by molar-refractivity contribution is -0.123. The van der Waals surface area contributed by atoms with Crippen LogP contribution in [0.4, 0.5) is 5.00 Å². The van der Waals surface area contributed by atoms with Gasteiger partial charge >= 0.3 is 11.9 Å². The average molecular weight is 604 g/mol. The van der Waals surface area contributed by atoms with Crippen molar-refractivity contribution in [3.05, 3.63) is 64.0 Å². The molecule has 0 saturated carbocycles. The van der Waals surface area contributed by atoms with Crippen molar-refractivity contribution < 1.29 is 28.6 Å². The number of methoxy groups -OCH3 is 1. The van der Waals surface area contributed by atoms with Crippen LogP contribution in [0.15, 0.2) is 42.5 Å². The molecule has 0 fully saturated rings. The molecule has 9 nitrogen and oxygen atoms in total. The molecule has 2 N–H and O–H groups in total. The summed E-state index contributed by atoms with van der Waals surface area (Å²) in [5.74, 6) is 0.255. The summed E-state index contributed by atoms with van der Waals surface area (Å²) in [5.41, 5.74) is 4.00. The zero-order valence-electron chi connectivity index (χ0n) is 25.3. The first-order chi connectivity index (χ1) is 20.5. The van der Waals surface area contributed by atoms with Crippen molar-refractivity contribution in [2.45, 2.75) is 60.0 Å². The smallest absolute Gasteiger partial charge is 0.341 e. The van der Waals surface area contributed by atoms with E-state index < -0.39 is 23.9 Å². The molecule has 0 bridgehead atoms. The molecule has 2 aromatic carbocycles. The molecule has 0 saturated heterocycles. The number of benzene rings is 2. The summed E-state index contributed by atoms with van der Waals surface area (Å²) < 4.78 is 16.1. The lowest BCUT2D eigenvalue weighted by Gasteiger charge is -2.33. The van der Waals surface area contributed by atoms with Crippen LogP contribution in [0.3, 0.4) is 0 Å². The number of carbonyl (C=O) groups excluding carboxylic acids is 3. The Balaban J connectivity index is 1.30. The lowest BCUT2D eigenvalue weighted by Crippen LogP contribution is -2.30. The molecule has 2 aromatic heterocycles. The van der Waals surface area contributed by atoms with E-state index in [1.165, 1.54) is 18.3 Å². The Bertz CT molecular complexity index is 1660. The molecule has 5 rings (SSSR count). The third kappa shape index (κ3) is 6.44. The number of fused-ring (bicyclic) bond motifs is 2. The number of anilines is 1. The number of nitrogens with one attached hydrogen (secondary N) is 2. The fraction of sp³-hybridized carbons (Fsp3) is 0.394. The number of amides is 1. The standard InChI is InChI=1S/C33H37N3O6S/c1-7-41-32(39)27-23-14-11-21(33(3,4)5)17-26(23)43-30(27)36-29(37)18(2)42-31(38)20-10-15-24-25(16-20)35-28(34-24)19-8-12-22(40-6)13-9-19/h8-10,12-13,15-16,18,21H,7,11,14,17H2,1-6H3,(H,34,35)(H,36,37). The predicted octanol–water partition coefficient (Wildman–Crippen LogP) is 6.81. The van der Waals surface area contributed by atoms with Crippen molar-refractivity contribution in [2.24, 2.45) is 11.3 Å². The number of thiophene rings is 1. The minimum Gasteiger partial charge on any atom is -0.497 e. The highest BCUT2D eigenvalue weighted by Crippen LogP contribution is 2.44. The molecular weight excluding hydrogens is 566 g/mol. The van der Waals surface area contributed by atoms with Gasteiger partial charge in [-0.25, -0.2) is 14.6 Å². The number of imidazole rings is 1. The highest BCUT2D eigenvalue weighted by Gasteiger charge is 2.35. The second-order valence-electron chi connectivity index (χ2n) is 11.8. The van der Waals surface area contributed by atoms with Gasteiger partial charge in [0, 0.05) is 10.4 Å². The monoisotopic (exact) mass is 603 g/mol. The second kappa shape index (κ2) is 12.2. The topological polar surface area (TPSA) is 120 Å². The van der Waals surface area contributed by atoms with Crippen molar-refractivity contribution in [3.8, 4) is 17.1 Å². The fourth-order valence-corrected chi connectivity index (χ4v) is 6.67. The van der Waals surface area contributed by atoms with Gasteiger partial charge in [-0.05, 0) is 92.5 Å². The maximum absolute atomic E-state index is 13.2. The summed E-state index contributed by atoms with van der Waals surface area (Å²) in [4.78, 5) is 48.1. The molecule has 2 heterocycles. The van der Waals surface area contributed by atoms with E-state index in [1.54, 1.807) is 32.2 Å². The molecular formula is C33H37N3O6S. The Morgan fingerprint density at radius 2 is 1.86 bits per heavy atom. The largest absolute Gasteiger partial charge is 0.497 e. The van der Waals surface area contributed by atoms with Crippen LogP contribution >= 0.6 is 11.3 Å². The van der Waals surface area contributed by atoms with E-state index >= 15 is 0 Å². The van der Waals surface area contributed by atoms with Gasteiger partial charge in [0.1, 0.15) is 16.6 Å². The van der Waals surface area contributed by atoms with E-state index in [-0.39, 0.29) is 17.6 Å². The third-order valence-corrected chi connectivity index (χ3v) is 9.11. The Morgan fingerprint density at radius 3 is 2.53 bits per heavy atom. The average Bonchev–Trinajstić information content (AvgIpc) is 3.57. The van der Waals surface area contributed by atoms with Crippen LogP contribution in [0.1, 0.15) is 72.2 Å². The van der Waals surface area contributed by atoms with Crippen molar-refractivity contribution in [2.75, 3.05) is 19.0 Å². The van der Waals surface area contributed by atoms with Crippen LogP contribution in [0.2, 0.25) is 0 Å². The number of rotatable bonds is 8. The van der Waals surface area contributed by atoms with Gasteiger partial charge in [0.15, 0.2) is 6.10 Å². The Labute approximate surface area is 255 Å². The number of ether oxygens (including phenoxy) is 3.